The van der Waals surface area contributed by atoms with E-state index >= 15 is 0 Å². The van der Waals surface area contributed by atoms with Crippen molar-refractivity contribution < 1.29 is 0 Å². The summed E-state index contributed by atoms with van der Waals surface area (Å²) in [7, 11) is 0. The third-order valence-corrected chi connectivity index (χ3v) is 8.12. The lowest BCUT2D eigenvalue weighted by Crippen LogP contribution is -2.40. The van der Waals surface area contributed by atoms with E-state index in [1.807, 2.05) is 18.2 Å². The molecule has 0 aromatic heterocycles. The monoisotopic (exact) mass is 519 g/mol. The van der Waals surface area contributed by atoms with E-state index in [0.717, 1.165) is 28.2 Å². The first-order valence-electron chi connectivity index (χ1n) is 13.7. The predicted molar refractivity (Wildman–Crippen MR) is 174 cm³/mol. The van der Waals surface area contributed by atoms with Gasteiger partial charge in [-0.2, -0.15) is 0 Å². The predicted octanol–water partition coefficient (Wildman–Crippen LogP) is 10.6. The first-order valence-corrected chi connectivity index (χ1v) is 13.7. The van der Waals surface area contributed by atoms with E-state index < -0.39 is 0 Å². The van der Waals surface area contributed by atoms with E-state index in [2.05, 4.69) is 149 Å². The van der Waals surface area contributed by atoms with Gasteiger partial charge in [-0.15, -0.1) is 0 Å². The van der Waals surface area contributed by atoms with Crippen LogP contribution in [-0.4, -0.2) is 0 Å². The quantitative estimate of drug-likeness (QED) is 0.209. The molecule has 1 unspecified atom stereocenters. The largest absolute Gasteiger partial charge is 0.311 e. The second-order valence-electron chi connectivity index (χ2n) is 11.3. The highest BCUT2D eigenvalue weighted by molar-refractivity contribution is 5.88. The topological polar surface area (TPSA) is 3.24 Å². The maximum Gasteiger partial charge on any atom is 0.0511 e. The van der Waals surface area contributed by atoms with E-state index in [-0.39, 0.29) is 10.8 Å². The van der Waals surface area contributed by atoms with Crippen LogP contribution in [0.4, 0.5) is 11.4 Å². The molecular weight excluding hydrogens is 482 g/mol. The van der Waals surface area contributed by atoms with Crippen molar-refractivity contribution in [3.63, 3.8) is 0 Å². The summed E-state index contributed by atoms with van der Waals surface area (Å²) in [6, 6.07) is 35.2. The van der Waals surface area contributed by atoms with E-state index in [0.29, 0.717) is 0 Å². The molecule has 0 spiro atoms. The van der Waals surface area contributed by atoms with Crippen LogP contribution < -0.4 is 4.90 Å². The van der Waals surface area contributed by atoms with Crippen molar-refractivity contribution >= 4 is 16.9 Å². The molecule has 5 rings (SSSR count). The van der Waals surface area contributed by atoms with Crippen LogP contribution in [0.1, 0.15) is 43.0 Å². The zero-order chi connectivity index (χ0) is 28.5. The van der Waals surface area contributed by atoms with Crippen LogP contribution in [0.5, 0.6) is 0 Å². The number of benzene rings is 4. The van der Waals surface area contributed by atoms with Gasteiger partial charge in [-0.05, 0) is 74.7 Å². The summed E-state index contributed by atoms with van der Waals surface area (Å²) in [6.45, 7) is 23.2. The zero-order valence-corrected chi connectivity index (χ0v) is 23.8. The summed E-state index contributed by atoms with van der Waals surface area (Å²) in [5.74, 6) is 0. The van der Waals surface area contributed by atoms with Gasteiger partial charge < -0.3 is 4.90 Å². The summed E-state index contributed by atoms with van der Waals surface area (Å²) < 4.78 is 0. The Morgan fingerprint density at radius 1 is 0.700 bits per heavy atom. The Bertz CT molecular complexity index is 1630. The molecule has 0 bridgehead atoms. The van der Waals surface area contributed by atoms with E-state index in [1.165, 1.54) is 27.8 Å². The number of allylic oxidation sites excluding steroid dienone is 5. The minimum Gasteiger partial charge on any atom is -0.311 e. The normalized spacial score (nSPS) is 16.0. The SMILES string of the molecule is C=C/C=C(\C=C)c1ccc(N(C(=C)C=C)c2ccc3c(c2)-c2ccccc2C3(c2ccccc2)C(C)(C)C)cc1. The molecule has 0 saturated carbocycles. The lowest BCUT2D eigenvalue weighted by atomic mass is 9.58. The first kappa shape index (κ1) is 27.0. The lowest BCUT2D eigenvalue weighted by Gasteiger charge is -2.44. The molecule has 198 valence electrons. The van der Waals surface area contributed by atoms with Crippen LogP contribution >= 0.6 is 0 Å². The molecule has 0 heterocycles. The Morgan fingerprint density at radius 2 is 1.32 bits per heavy atom. The molecule has 1 atom stereocenters. The minimum absolute atomic E-state index is 0.0702. The summed E-state index contributed by atoms with van der Waals surface area (Å²) in [6.07, 6.45) is 7.41. The van der Waals surface area contributed by atoms with E-state index in [4.69, 9.17) is 0 Å². The molecule has 4 aromatic rings. The number of anilines is 2. The Balaban J connectivity index is 1.71. The molecule has 1 aliphatic carbocycles. The van der Waals surface area contributed by atoms with Gasteiger partial charge in [0.2, 0.25) is 0 Å². The van der Waals surface area contributed by atoms with Gasteiger partial charge in [-0.25, -0.2) is 0 Å². The molecule has 0 fully saturated rings. The van der Waals surface area contributed by atoms with Crippen LogP contribution in [-0.2, 0) is 5.41 Å². The molecule has 1 nitrogen and oxygen atoms in total. The minimum atomic E-state index is -0.279. The summed E-state index contributed by atoms with van der Waals surface area (Å²) in [5, 5.41) is 0. The van der Waals surface area contributed by atoms with Gasteiger partial charge in [0.1, 0.15) is 0 Å². The number of hydrogen-bond donors (Lipinski definition) is 0. The Kier molecular flexibility index (Phi) is 7.08. The van der Waals surface area contributed by atoms with Crippen molar-refractivity contribution in [1.82, 2.24) is 0 Å². The Labute approximate surface area is 239 Å². The van der Waals surface area contributed by atoms with E-state index in [1.54, 1.807) is 6.08 Å². The number of fused-ring (bicyclic) bond motifs is 3. The van der Waals surface area contributed by atoms with Crippen molar-refractivity contribution in [3.8, 4) is 11.1 Å². The maximum atomic E-state index is 4.35. The molecule has 0 amide bonds. The smallest absolute Gasteiger partial charge is 0.0511 e. The molecule has 1 heteroatoms. The van der Waals surface area contributed by atoms with Gasteiger partial charge in [0, 0.05) is 17.1 Å². The summed E-state index contributed by atoms with van der Waals surface area (Å²) in [4.78, 5) is 2.17. The van der Waals surface area contributed by atoms with Crippen molar-refractivity contribution in [2.24, 2.45) is 5.41 Å². The van der Waals surface area contributed by atoms with Crippen LogP contribution in [0.25, 0.3) is 16.7 Å². The third-order valence-electron chi connectivity index (χ3n) is 8.12. The molecule has 0 radical (unpaired) electrons. The first-order chi connectivity index (χ1) is 19.3. The molecule has 1 aliphatic rings. The van der Waals surface area contributed by atoms with Gasteiger partial charge in [0.15, 0.2) is 0 Å². The standard InChI is InChI=1S/C39H37N/c1-8-16-29(10-3)30-21-23-32(24-22-30)40(28(4)9-2)33-25-26-37-35(27-33)34-19-14-15-20-36(34)39(37,38(5,6)7)31-17-12-11-13-18-31/h8-27H,1-4H2,5-7H3/b29-16+. The Hall–Kier alpha value is -4.62. The fourth-order valence-electron chi connectivity index (χ4n) is 6.44. The van der Waals surface area contributed by atoms with E-state index in [9.17, 15) is 0 Å². The number of hydrogen-bond acceptors (Lipinski definition) is 1. The summed E-state index contributed by atoms with van der Waals surface area (Å²) in [5.41, 5.74) is 11.2. The van der Waals surface area contributed by atoms with Crippen molar-refractivity contribution in [2.75, 3.05) is 4.90 Å². The average molecular weight is 520 g/mol. The fourth-order valence-corrected chi connectivity index (χ4v) is 6.44. The van der Waals surface area contributed by atoms with Crippen molar-refractivity contribution in [3.05, 3.63) is 176 Å². The second kappa shape index (κ2) is 10.5. The number of nitrogens with zero attached hydrogens (tertiary/aromatic N) is 1. The van der Waals surface area contributed by atoms with Gasteiger partial charge in [0.05, 0.1) is 5.41 Å². The van der Waals surface area contributed by atoms with Gasteiger partial charge in [-0.1, -0.05) is 138 Å². The van der Waals surface area contributed by atoms with Crippen LogP contribution in [0, 0.1) is 5.41 Å². The van der Waals surface area contributed by atoms with Gasteiger partial charge in [0.25, 0.3) is 0 Å². The highest BCUT2D eigenvalue weighted by Gasteiger charge is 2.52. The van der Waals surface area contributed by atoms with Crippen molar-refractivity contribution in [2.45, 2.75) is 26.2 Å². The molecule has 0 N–H and O–H groups in total. The molecule has 40 heavy (non-hydrogen) atoms. The highest BCUT2D eigenvalue weighted by atomic mass is 15.1. The van der Waals surface area contributed by atoms with Crippen LogP contribution in [0.2, 0.25) is 0 Å². The van der Waals surface area contributed by atoms with Crippen LogP contribution in [0.15, 0.2) is 153 Å². The highest BCUT2D eigenvalue weighted by Crippen LogP contribution is 2.61. The molecular formula is C39H37N. The second-order valence-corrected chi connectivity index (χ2v) is 11.3. The summed E-state index contributed by atoms with van der Waals surface area (Å²) >= 11 is 0. The number of rotatable bonds is 8. The van der Waals surface area contributed by atoms with Gasteiger partial charge >= 0.3 is 0 Å². The fraction of sp³-hybridized carbons (Fsp3) is 0.128. The Morgan fingerprint density at radius 3 is 1.95 bits per heavy atom. The van der Waals surface area contributed by atoms with Crippen molar-refractivity contribution in [1.29, 1.82) is 0 Å². The van der Waals surface area contributed by atoms with Crippen LogP contribution in [0.3, 0.4) is 0 Å². The lowest BCUT2D eigenvalue weighted by molar-refractivity contribution is 0.277. The average Bonchev–Trinajstić information content (AvgIpc) is 3.28. The molecule has 0 saturated heterocycles. The molecule has 0 aliphatic heterocycles. The zero-order valence-electron chi connectivity index (χ0n) is 23.8. The third kappa shape index (κ3) is 4.19. The molecule has 4 aromatic carbocycles. The maximum absolute atomic E-state index is 4.35. The van der Waals surface area contributed by atoms with Gasteiger partial charge in [-0.3, -0.25) is 0 Å².